The predicted octanol–water partition coefficient (Wildman–Crippen LogP) is 0.492. The normalized spacial score (nSPS) is 14.4. The van der Waals surface area contributed by atoms with Crippen LogP contribution in [0.25, 0.3) is 0 Å². The molecule has 1 rings (SSSR count). The van der Waals surface area contributed by atoms with Gasteiger partial charge in [-0.25, -0.2) is 8.99 Å². The number of rotatable bonds is 4. The van der Waals surface area contributed by atoms with Crippen molar-refractivity contribution in [3.8, 4) is 0 Å². The average Bonchev–Trinajstić information content (AvgIpc) is 2.17. The van der Waals surface area contributed by atoms with Crippen molar-refractivity contribution in [1.29, 1.82) is 4.78 Å². The lowest BCUT2D eigenvalue weighted by Gasteiger charge is -2.10. The summed E-state index contributed by atoms with van der Waals surface area (Å²) in [6.07, 6.45) is 0. The largest absolute Gasteiger partial charge is 0.395 e. The molecule has 0 aliphatic carbocycles. The number of carbonyl (C=O) groups excluding carboxylic acids is 1. The number of amides is 1. The van der Waals surface area contributed by atoms with Gasteiger partial charge >= 0.3 is 0 Å². The van der Waals surface area contributed by atoms with Crippen LogP contribution >= 0.6 is 0 Å². The number of benzene rings is 1. The van der Waals surface area contributed by atoms with Crippen LogP contribution in [0.15, 0.2) is 23.1 Å². The Balaban J connectivity index is 3.33. The highest BCUT2D eigenvalue weighted by Crippen LogP contribution is 2.18. The van der Waals surface area contributed by atoms with E-state index in [4.69, 9.17) is 15.6 Å². The van der Waals surface area contributed by atoms with Gasteiger partial charge in [0.25, 0.3) is 0 Å². The fourth-order valence-electron chi connectivity index (χ4n) is 1.35. The van der Waals surface area contributed by atoms with Gasteiger partial charge in [0.15, 0.2) is 0 Å². The van der Waals surface area contributed by atoms with Gasteiger partial charge in [-0.1, -0.05) is 6.07 Å². The monoisotopic (exact) mass is 242 g/mol. The molecule has 0 unspecified atom stereocenters. The lowest BCUT2D eigenvalue weighted by Crippen LogP contribution is -2.14. The Bertz CT molecular complexity index is 509. The minimum atomic E-state index is -3.05. The zero-order chi connectivity index (χ0) is 12.3. The van der Waals surface area contributed by atoms with Gasteiger partial charge in [-0.3, -0.25) is 4.79 Å². The third kappa shape index (κ3) is 2.59. The molecule has 6 heteroatoms. The maximum atomic E-state index is 11.9. The van der Waals surface area contributed by atoms with Crippen molar-refractivity contribution in [2.24, 2.45) is 5.73 Å². The van der Waals surface area contributed by atoms with E-state index < -0.39 is 15.6 Å². The standard InChI is InChI=1S/C10H14N2O3S/c1-7-2-3-8(10(11)14)6-9(7)16(12,15)5-4-13/h2-3,6,12-13H,4-5H2,1H3,(H2,11,14)/t16-/m0/s1. The molecule has 0 aliphatic heterocycles. The van der Waals surface area contributed by atoms with Crippen LogP contribution < -0.4 is 5.73 Å². The molecule has 0 heterocycles. The summed E-state index contributed by atoms with van der Waals surface area (Å²) in [6, 6.07) is 4.49. The van der Waals surface area contributed by atoms with E-state index in [1.807, 2.05) is 0 Å². The van der Waals surface area contributed by atoms with Gasteiger partial charge in [-0.05, 0) is 24.6 Å². The summed E-state index contributed by atoms with van der Waals surface area (Å²) in [5.74, 6) is -0.767. The molecule has 4 N–H and O–H groups in total. The van der Waals surface area contributed by atoms with Gasteiger partial charge in [0, 0.05) is 5.56 Å². The third-order valence-electron chi connectivity index (χ3n) is 2.21. The van der Waals surface area contributed by atoms with E-state index in [1.54, 1.807) is 13.0 Å². The van der Waals surface area contributed by atoms with Crippen molar-refractivity contribution in [2.75, 3.05) is 12.4 Å². The van der Waals surface area contributed by atoms with Gasteiger partial charge in [-0.15, -0.1) is 0 Å². The number of nitrogens with one attached hydrogen (secondary N) is 1. The van der Waals surface area contributed by atoms with Crippen LogP contribution in [0.2, 0.25) is 0 Å². The van der Waals surface area contributed by atoms with Crippen molar-refractivity contribution in [3.63, 3.8) is 0 Å². The summed E-state index contributed by atoms with van der Waals surface area (Å²) >= 11 is 0. The summed E-state index contributed by atoms with van der Waals surface area (Å²) in [6.45, 7) is 1.37. The van der Waals surface area contributed by atoms with Crippen LogP contribution in [-0.4, -0.2) is 27.6 Å². The highest BCUT2D eigenvalue weighted by molar-refractivity contribution is 7.92. The second-order valence-corrected chi connectivity index (χ2v) is 5.65. The molecular formula is C10H14N2O3S. The molecule has 1 amide bonds. The van der Waals surface area contributed by atoms with Crippen molar-refractivity contribution in [3.05, 3.63) is 29.3 Å². The molecule has 0 radical (unpaired) electrons. The van der Waals surface area contributed by atoms with Crippen LogP contribution in [0.1, 0.15) is 15.9 Å². The summed E-state index contributed by atoms with van der Waals surface area (Å²) in [5, 5.41) is 8.74. The molecule has 1 aromatic carbocycles. The van der Waals surface area contributed by atoms with Crippen molar-refractivity contribution in [2.45, 2.75) is 11.8 Å². The van der Waals surface area contributed by atoms with Crippen LogP contribution in [-0.2, 0) is 9.73 Å². The molecule has 0 aromatic heterocycles. The van der Waals surface area contributed by atoms with Gasteiger partial charge in [0.2, 0.25) is 5.91 Å². The minimum Gasteiger partial charge on any atom is -0.395 e. The van der Waals surface area contributed by atoms with Crippen LogP contribution in [0, 0.1) is 11.7 Å². The summed E-state index contributed by atoms with van der Waals surface area (Å²) in [5.41, 5.74) is 5.98. The third-order valence-corrected chi connectivity index (χ3v) is 4.11. The van der Waals surface area contributed by atoms with Crippen molar-refractivity contribution < 1.29 is 14.1 Å². The smallest absolute Gasteiger partial charge is 0.248 e. The summed E-state index contributed by atoms with van der Waals surface area (Å²) in [7, 11) is -3.05. The molecule has 0 saturated heterocycles. The molecule has 0 bridgehead atoms. The zero-order valence-corrected chi connectivity index (χ0v) is 9.71. The number of aryl methyl sites for hydroxylation is 1. The molecule has 16 heavy (non-hydrogen) atoms. The van der Waals surface area contributed by atoms with E-state index in [2.05, 4.69) is 0 Å². The Hall–Kier alpha value is -1.40. The van der Waals surface area contributed by atoms with Gasteiger partial charge in [-0.2, -0.15) is 0 Å². The summed E-state index contributed by atoms with van der Waals surface area (Å²) < 4.78 is 19.6. The predicted molar refractivity (Wildman–Crippen MR) is 60.8 cm³/mol. The lowest BCUT2D eigenvalue weighted by atomic mass is 10.1. The van der Waals surface area contributed by atoms with Gasteiger partial charge in [0.05, 0.1) is 27.0 Å². The Kier molecular flexibility index (Phi) is 3.66. The van der Waals surface area contributed by atoms with E-state index in [-0.39, 0.29) is 22.8 Å². The number of hydrogen-bond donors (Lipinski definition) is 3. The highest BCUT2D eigenvalue weighted by atomic mass is 32.2. The first kappa shape index (κ1) is 12.7. The molecule has 0 saturated carbocycles. The maximum Gasteiger partial charge on any atom is 0.248 e. The molecule has 0 spiro atoms. The van der Waals surface area contributed by atoms with E-state index in [9.17, 15) is 9.00 Å². The zero-order valence-electron chi connectivity index (χ0n) is 8.90. The van der Waals surface area contributed by atoms with E-state index >= 15 is 0 Å². The Morgan fingerprint density at radius 2 is 2.19 bits per heavy atom. The number of aliphatic hydroxyl groups is 1. The first-order valence-electron chi connectivity index (χ1n) is 4.66. The number of primary amides is 1. The molecular weight excluding hydrogens is 228 g/mol. The lowest BCUT2D eigenvalue weighted by molar-refractivity contribution is 0.1000. The number of nitrogens with two attached hydrogens (primary N) is 1. The molecule has 1 aromatic rings. The Labute approximate surface area is 94.3 Å². The van der Waals surface area contributed by atoms with Crippen LogP contribution in [0.4, 0.5) is 0 Å². The Morgan fingerprint density at radius 3 is 2.69 bits per heavy atom. The SMILES string of the molecule is Cc1ccc(C(N)=O)cc1[S@@](=N)(=O)CCO. The van der Waals surface area contributed by atoms with Crippen LogP contribution in [0.3, 0.4) is 0 Å². The molecule has 0 aliphatic rings. The van der Waals surface area contributed by atoms with Crippen LogP contribution in [0.5, 0.6) is 0 Å². The first-order chi connectivity index (χ1) is 7.38. The highest BCUT2D eigenvalue weighted by Gasteiger charge is 2.14. The maximum absolute atomic E-state index is 11.9. The number of hydrogen-bond acceptors (Lipinski definition) is 4. The molecule has 0 fully saturated rings. The average molecular weight is 242 g/mol. The number of carbonyl (C=O) groups is 1. The topological polar surface area (TPSA) is 104 Å². The summed E-state index contributed by atoms with van der Waals surface area (Å²) in [4.78, 5) is 11.2. The fourth-order valence-corrected chi connectivity index (χ4v) is 2.73. The molecule has 1 atom stereocenters. The van der Waals surface area contributed by atoms with E-state index in [0.29, 0.717) is 5.56 Å². The van der Waals surface area contributed by atoms with Gasteiger partial charge in [0.1, 0.15) is 0 Å². The fraction of sp³-hybridized carbons (Fsp3) is 0.300. The van der Waals surface area contributed by atoms with Gasteiger partial charge < -0.3 is 10.8 Å². The Morgan fingerprint density at radius 1 is 1.56 bits per heavy atom. The molecule has 5 nitrogen and oxygen atoms in total. The first-order valence-corrected chi connectivity index (χ1v) is 6.39. The number of aliphatic hydroxyl groups excluding tert-OH is 1. The van der Waals surface area contributed by atoms with Crippen molar-refractivity contribution >= 4 is 15.6 Å². The minimum absolute atomic E-state index is 0.143. The van der Waals surface area contributed by atoms with E-state index in [0.717, 1.165) is 0 Å². The second kappa shape index (κ2) is 4.63. The molecule has 88 valence electrons. The van der Waals surface area contributed by atoms with E-state index in [1.165, 1.54) is 12.1 Å². The van der Waals surface area contributed by atoms with Crippen molar-refractivity contribution in [1.82, 2.24) is 0 Å². The quantitative estimate of drug-likeness (QED) is 0.715. The second-order valence-electron chi connectivity index (χ2n) is 3.45.